The number of halogens is 2. The monoisotopic (exact) mass is 471 g/mol. The van der Waals surface area contributed by atoms with Crippen molar-refractivity contribution in [2.75, 3.05) is 13.2 Å². The molecule has 180 valence electrons. The average molecular weight is 472 g/mol. The third-order valence-corrected chi connectivity index (χ3v) is 7.29. The van der Waals surface area contributed by atoms with Gasteiger partial charge < -0.3 is 19.5 Å². The van der Waals surface area contributed by atoms with E-state index in [1.165, 1.54) is 12.3 Å². The molecule has 0 radical (unpaired) electrons. The first-order valence-electron chi connectivity index (χ1n) is 11.8. The third kappa shape index (κ3) is 3.67. The smallest absolute Gasteiger partial charge is 0.275 e. The number of carbonyl (C=O) groups excluding carboxylic acids is 2. The lowest BCUT2D eigenvalue weighted by molar-refractivity contribution is 0.0395. The Morgan fingerprint density at radius 3 is 2.85 bits per heavy atom. The van der Waals surface area contributed by atoms with E-state index in [0.717, 1.165) is 37.8 Å². The summed E-state index contributed by atoms with van der Waals surface area (Å²) < 4.78 is 34.6. The maximum atomic E-state index is 14.0. The van der Waals surface area contributed by atoms with Gasteiger partial charge in [0.15, 0.2) is 11.4 Å². The molecule has 1 aliphatic carbocycles. The Morgan fingerprint density at radius 1 is 1.29 bits per heavy atom. The van der Waals surface area contributed by atoms with Crippen LogP contribution in [0.3, 0.4) is 0 Å². The molecule has 2 bridgehead atoms. The molecule has 7 nitrogen and oxygen atoms in total. The Balaban J connectivity index is 1.49. The summed E-state index contributed by atoms with van der Waals surface area (Å²) >= 11 is 0. The number of nitrogens with zero attached hydrogens (tertiary/aromatic N) is 2. The van der Waals surface area contributed by atoms with Crippen molar-refractivity contribution in [2.45, 2.75) is 57.7 Å². The number of carbonyl (C=O) groups is 2. The number of fused-ring (bicyclic) bond motifs is 2. The molecule has 1 aromatic carbocycles. The molecule has 9 heteroatoms. The number of amides is 2. The normalized spacial score (nSPS) is 22.5. The third-order valence-electron chi connectivity index (χ3n) is 7.29. The number of hydrogen-bond donors (Lipinski definition) is 1. The van der Waals surface area contributed by atoms with E-state index in [1.807, 2.05) is 11.8 Å². The number of rotatable bonds is 7. The maximum absolute atomic E-state index is 14.0. The van der Waals surface area contributed by atoms with Crippen LogP contribution in [0, 0.1) is 17.6 Å². The molecule has 3 aliphatic rings. The van der Waals surface area contributed by atoms with Gasteiger partial charge in [-0.25, -0.2) is 8.78 Å². The lowest BCUT2D eigenvalue weighted by Crippen LogP contribution is -2.56. The van der Waals surface area contributed by atoms with Crippen molar-refractivity contribution >= 4 is 11.8 Å². The Bertz CT molecular complexity index is 1230. The molecule has 1 N–H and O–H groups in total. The highest BCUT2D eigenvalue weighted by molar-refractivity contribution is 5.99. The second-order valence-corrected chi connectivity index (χ2v) is 9.55. The zero-order valence-electron chi connectivity index (χ0n) is 19.0. The molecule has 3 heterocycles. The van der Waals surface area contributed by atoms with Crippen LogP contribution >= 0.6 is 0 Å². The molecule has 5 rings (SSSR count). The lowest BCUT2D eigenvalue weighted by atomic mass is 9.93. The molecule has 34 heavy (non-hydrogen) atoms. The lowest BCUT2D eigenvalue weighted by Gasteiger charge is -2.44. The molecule has 1 aromatic heterocycles. The average Bonchev–Trinajstić information content (AvgIpc) is 3.38. The van der Waals surface area contributed by atoms with Crippen LogP contribution in [0.15, 0.2) is 29.2 Å². The van der Waals surface area contributed by atoms with Crippen molar-refractivity contribution in [3.8, 4) is 5.75 Å². The van der Waals surface area contributed by atoms with E-state index in [-0.39, 0.29) is 47.2 Å². The second-order valence-electron chi connectivity index (χ2n) is 9.55. The minimum Gasteiger partial charge on any atom is -0.487 e. The molecule has 0 unspecified atom stereocenters. The summed E-state index contributed by atoms with van der Waals surface area (Å²) in [6.45, 7) is 3.22. The topological polar surface area (TPSA) is 80.6 Å². The SMILES string of the molecule is CCCCOc1c2n(cc(C(=O)NCc3ccc(F)cc3F)c1=O)C[C@]13CC[C@H](CN1C2=O)C3. The van der Waals surface area contributed by atoms with Gasteiger partial charge >= 0.3 is 0 Å². The Morgan fingerprint density at radius 2 is 2.12 bits per heavy atom. The van der Waals surface area contributed by atoms with Crippen LogP contribution in [-0.2, 0) is 13.1 Å². The summed E-state index contributed by atoms with van der Waals surface area (Å²) in [6.07, 6.45) is 5.85. The van der Waals surface area contributed by atoms with Crippen molar-refractivity contribution in [3.63, 3.8) is 0 Å². The Labute approximate surface area is 195 Å². The zero-order chi connectivity index (χ0) is 24.0. The van der Waals surface area contributed by atoms with Gasteiger partial charge in [0, 0.05) is 37.5 Å². The summed E-state index contributed by atoms with van der Waals surface area (Å²) in [6, 6.07) is 3.08. The minimum atomic E-state index is -0.784. The fourth-order valence-corrected chi connectivity index (χ4v) is 5.57. The highest BCUT2D eigenvalue weighted by Gasteiger charge is 2.56. The summed E-state index contributed by atoms with van der Waals surface area (Å²) in [5.74, 6) is -2.06. The van der Waals surface area contributed by atoms with Crippen LogP contribution in [-0.4, -0.2) is 40.0 Å². The highest BCUT2D eigenvalue weighted by atomic mass is 19.1. The van der Waals surface area contributed by atoms with Gasteiger partial charge in [-0.15, -0.1) is 0 Å². The fourth-order valence-electron chi connectivity index (χ4n) is 5.57. The predicted octanol–water partition coefficient (Wildman–Crippen LogP) is 3.24. The van der Waals surface area contributed by atoms with Gasteiger partial charge in [-0.05, 0) is 37.7 Å². The van der Waals surface area contributed by atoms with Gasteiger partial charge in [-0.2, -0.15) is 0 Å². The number of piperidine rings is 1. The number of benzene rings is 1. The van der Waals surface area contributed by atoms with Crippen LogP contribution in [0.25, 0.3) is 0 Å². The number of unbranched alkanes of at least 4 members (excludes halogenated alkanes) is 1. The summed E-state index contributed by atoms with van der Waals surface area (Å²) in [5, 5.41) is 2.54. The molecule has 2 fully saturated rings. The van der Waals surface area contributed by atoms with Crippen LogP contribution in [0.5, 0.6) is 5.75 Å². The van der Waals surface area contributed by atoms with E-state index in [4.69, 9.17) is 4.74 Å². The second kappa shape index (κ2) is 8.52. The summed E-state index contributed by atoms with van der Waals surface area (Å²) in [4.78, 5) is 41.6. The van der Waals surface area contributed by atoms with Crippen LogP contribution in [0.2, 0.25) is 0 Å². The molecule has 2 aromatic rings. The highest BCUT2D eigenvalue weighted by Crippen LogP contribution is 2.50. The molecule has 2 aliphatic heterocycles. The Hall–Kier alpha value is -3.23. The van der Waals surface area contributed by atoms with Gasteiger partial charge in [-0.3, -0.25) is 14.4 Å². The van der Waals surface area contributed by atoms with Gasteiger partial charge in [0.1, 0.15) is 17.2 Å². The predicted molar refractivity (Wildman–Crippen MR) is 120 cm³/mol. The van der Waals surface area contributed by atoms with Gasteiger partial charge in [-0.1, -0.05) is 19.4 Å². The first-order chi connectivity index (χ1) is 16.3. The van der Waals surface area contributed by atoms with Crippen LogP contribution in [0.1, 0.15) is 65.4 Å². The number of pyridine rings is 1. The molecular formula is C25H27F2N3O4. The van der Waals surface area contributed by atoms with Crippen molar-refractivity contribution in [1.29, 1.82) is 0 Å². The molecule has 2 amide bonds. The quantitative estimate of drug-likeness (QED) is 0.629. The maximum Gasteiger partial charge on any atom is 0.275 e. The number of aromatic nitrogens is 1. The van der Waals surface area contributed by atoms with Crippen molar-refractivity contribution in [1.82, 2.24) is 14.8 Å². The Kier molecular flexibility index (Phi) is 5.65. The first-order valence-corrected chi connectivity index (χ1v) is 11.8. The standard InChI is InChI=1S/C25H27F2N3O4/c1-2-3-8-34-22-20-24(33)30-12-15-6-7-25(30,10-15)14-29(20)13-18(21(22)31)23(32)28-11-16-4-5-17(26)9-19(16)27/h4-5,9,13,15H,2-3,6-8,10-12,14H2,1H3,(H,28,32)/t15-,25+/m0/s1. The van der Waals surface area contributed by atoms with E-state index in [9.17, 15) is 23.2 Å². The largest absolute Gasteiger partial charge is 0.487 e. The van der Waals surface area contributed by atoms with E-state index < -0.39 is 23.0 Å². The van der Waals surface area contributed by atoms with Gasteiger partial charge in [0.25, 0.3) is 11.8 Å². The van der Waals surface area contributed by atoms with Crippen LogP contribution < -0.4 is 15.5 Å². The fraction of sp³-hybridized carbons (Fsp3) is 0.480. The molecule has 2 atom stereocenters. The van der Waals surface area contributed by atoms with Crippen molar-refractivity contribution in [3.05, 3.63) is 63.1 Å². The van der Waals surface area contributed by atoms with Gasteiger partial charge in [0.05, 0.1) is 12.1 Å². The van der Waals surface area contributed by atoms with Gasteiger partial charge in [0.2, 0.25) is 5.43 Å². The summed E-state index contributed by atoms with van der Waals surface area (Å²) in [7, 11) is 0. The molecule has 1 saturated heterocycles. The number of hydrogen-bond acceptors (Lipinski definition) is 4. The van der Waals surface area contributed by atoms with E-state index in [2.05, 4.69) is 5.32 Å². The summed E-state index contributed by atoms with van der Waals surface area (Å²) in [5.41, 5.74) is -0.813. The molecule has 1 spiro atoms. The van der Waals surface area contributed by atoms with Crippen LogP contribution in [0.4, 0.5) is 8.78 Å². The first kappa shape index (κ1) is 22.6. The van der Waals surface area contributed by atoms with E-state index in [0.29, 0.717) is 25.4 Å². The minimum absolute atomic E-state index is 0.0971. The molecular weight excluding hydrogens is 444 g/mol. The van der Waals surface area contributed by atoms with E-state index in [1.54, 1.807) is 4.57 Å². The van der Waals surface area contributed by atoms with Crippen molar-refractivity contribution < 1.29 is 23.1 Å². The number of ether oxygens (including phenoxy) is 1. The number of nitrogens with one attached hydrogen (secondary N) is 1. The molecule has 1 saturated carbocycles. The zero-order valence-corrected chi connectivity index (χ0v) is 19.0. The van der Waals surface area contributed by atoms with E-state index >= 15 is 0 Å². The van der Waals surface area contributed by atoms with Crippen molar-refractivity contribution in [2.24, 2.45) is 5.92 Å².